The highest BCUT2D eigenvalue weighted by Gasteiger charge is 2.20. The molecule has 0 saturated heterocycles. The fourth-order valence-corrected chi connectivity index (χ4v) is 15.0. The van der Waals surface area contributed by atoms with Crippen LogP contribution in [0.2, 0.25) is 0 Å². The number of aromatic nitrogens is 23. The zero-order chi connectivity index (χ0) is 89.9. The number of nitrogens with one attached hydrogen (secondary N) is 5. The number of thiazole rings is 1. The summed E-state index contributed by atoms with van der Waals surface area (Å²) in [5, 5.41) is 27.7. The predicted molar refractivity (Wildman–Crippen MR) is 494 cm³/mol. The van der Waals surface area contributed by atoms with Crippen LogP contribution in [0.5, 0.6) is 17.5 Å². The van der Waals surface area contributed by atoms with Gasteiger partial charge in [-0.25, -0.2) is 44.9 Å². The molecule has 0 fully saturated rings. The SMILES string of the molecule is COCCn1ccc2cc(N)cc(NCc3ccc(C)cn3)c21.COc1cc(OC)nc(Cn2ccc3cc(N)cc(NCc4noc(C)n4)c32)n1.COc1ccccc1Cn1ccc2nc(N)nc(NCc3ncc(C)s3)c21.Cc1coc(CNc2nc(C)nc3ccn(Cc4ccccn4)c23)n1.Cc1nc(NCc2noc(C)n2)c2c(ccn2Cc2ncccn2)n1. The summed E-state index contributed by atoms with van der Waals surface area (Å²) in [6, 6.07) is 39.1. The van der Waals surface area contributed by atoms with Gasteiger partial charge in [0.2, 0.25) is 35.4 Å². The van der Waals surface area contributed by atoms with Gasteiger partial charge in [0.05, 0.1) is 149 Å². The minimum atomic E-state index is 0.246. The number of anilines is 8. The van der Waals surface area contributed by atoms with Crippen molar-refractivity contribution < 1.29 is 32.4 Å². The monoisotopic (exact) mass is 1760 g/mol. The largest absolute Gasteiger partial charge is 0.496 e. The maximum absolute atomic E-state index is 6.08. The zero-order valence-corrected chi connectivity index (χ0v) is 73.8. The summed E-state index contributed by atoms with van der Waals surface area (Å²) in [7, 11) is 6.51. The highest BCUT2D eigenvalue weighted by atomic mass is 32.1. The number of methoxy groups -OCH3 is 4. The fourth-order valence-electron chi connectivity index (χ4n) is 14.2. The van der Waals surface area contributed by atoms with Crippen molar-refractivity contribution in [3.63, 3.8) is 0 Å². The Morgan fingerprint density at radius 2 is 0.977 bits per heavy atom. The first-order valence-electron chi connectivity index (χ1n) is 41.0. The number of pyridine rings is 2. The third-order valence-electron chi connectivity index (χ3n) is 19.9. The van der Waals surface area contributed by atoms with Crippen molar-refractivity contribution in [2.24, 2.45) is 0 Å². The first-order chi connectivity index (χ1) is 62.7. The molecule has 16 aromatic heterocycles. The zero-order valence-electron chi connectivity index (χ0n) is 73.0. The van der Waals surface area contributed by atoms with Crippen molar-refractivity contribution in [3.05, 3.63) is 280 Å². The van der Waals surface area contributed by atoms with Gasteiger partial charge in [-0.1, -0.05) is 40.6 Å². The van der Waals surface area contributed by atoms with Gasteiger partial charge in [0.1, 0.15) is 51.0 Å². The van der Waals surface area contributed by atoms with E-state index in [1.807, 2.05) is 178 Å². The van der Waals surface area contributed by atoms with Crippen molar-refractivity contribution in [2.45, 2.75) is 114 Å². The molecular weight excluding hydrogens is 1660 g/mol. The molecule has 38 nitrogen and oxygen atoms in total. The molecule has 19 aromatic rings. The molecule has 0 aliphatic carbocycles. The van der Waals surface area contributed by atoms with Gasteiger partial charge in [-0.05, 0) is 125 Å². The summed E-state index contributed by atoms with van der Waals surface area (Å²) in [5.41, 5.74) is 33.8. The lowest BCUT2D eigenvalue weighted by molar-refractivity contribution is 0.188. The summed E-state index contributed by atoms with van der Waals surface area (Å²) in [6.07, 6.45) is 20.6. The molecule has 0 radical (unpaired) electrons. The highest BCUT2D eigenvalue weighted by molar-refractivity contribution is 7.11. The van der Waals surface area contributed by atoms with Gasteiger partial charge in [0.25, 0.3) is 0 Å². The molecule has 0 saturated carbocycles. The first kappa shape index (κ1) is 87.8. The molecule has 0 unspecified atom stereocenters. The number of oxazole rings is 1. The molecule has 0 spiro atoms. The number of nitrogen functional groups attached to an aromatic ring is 3. The molecule has 0 aliphatic rings. The molecule has 0 atom stereocenters. The molecule has 16 heterocycles. The Labute approximate surface area is 744 Å². The van der Waals surface area contributed by atoms with E-state index in [-0.39, 0.29) is 5.95 Å². The van der Waals surface area contributed by atoms with Crippen molar-refractivity contribution in [1.82, 2.24) is 113 Å². The molecule has 0 bridgehead atoms. The van der Waals surface area contributed by atoms with Gasteiger partial charge in [-0.3, -0.25) is 9.97 Å². The van der Waals surface area contributed by atoms with E-state index in [2.05, 4.69) is 149 Å². The van der Waals surface area contributed by atoms with Gasteiger partial charge in [0.15, 0.2) is 34.9 Å². The number of nitrogens with zero attached hydrogens (tertiary/aromatic N) is 23. The molecular formula is C90H97N31O7S. The third-order valence-corrected chi connectivity index (χ3v) is 20.8. The normalized spacial score (nSPS) is 11.1. The molecule has 19 rings (SSSR count). The molecule has 0 amide bonds. The lowest BCUT2D eigenvalue weighted by Gasteiger charge is -2.13. The second-order valence-corrected chi connectivity index (χ2v) is 30.9. The van der Waals surface area contributed by atoms with E-state index in [4.69, 9.17) is 49.6 Å². The third kappa shape index (κ3) is 22.6. The molecule has 39 heteroatoms. The van der Waals surface area contributed by atoms with Crippen LogP contribution in [0.3, 0.4) is 0 Å². The van der Waals surface area contributed by atoms with Crippen LogP contribution in [0.25, 0.3) is 54.9 Å². The van der Waals surface area contributed by atoms with Crippen molar-refractivity contribution >= 4 is 112 Å². The van der Waals surface area contributed by atoms with Crippen molar-refractivity contribution in [1.29, 1.82) is 0 Å². The van der Waals surface area contributed by atoms with Crippen LogP contribution in [-0.4, -0.2) is 148 Å². The molecule has 0 aliphatic heterocycles. The number of benzene rings is 3. The Hall–Kier alpha value is -16.1. The minimum absolute atomic E-state index is 0.246. The lowest BCUT2D eigenvalue weighted by atomic mass is 10.2. The minimum Gasteiger partial charge on any atom is -0.496 e. The quantitative estimate of drug-likeness (QED) is 0.0202. The number of hydrogen-bond acceptors (Lipinski definition) is 34. The molecule has 11 N–H and O–H groups in total. The highest BCUT2D eigenvalue weighted by Crippen LogP contribution is 2.34. The van der Waals surface area contributed by atoms with Gasteiger partial charge >= 0.3 is 0 Å². The van der Waals surface area contributed by atoms with E-state index in [1.165, 1.54) is 4.88 Å². The van der Waals surface area contributed by atoms with E-state index in [0.717, 1.165) is 129 Å². The van der Waals surface area contributed by atoms with E-state index >= 15 is 0 Å². The smallest absolute Gasteiger partial charge is 0.223 e. The average Bonchev–Trinajstić information content (AvgIpc) is 1.66. The summed E-state index contributed by atoms with van der Waals surface area (Å²) >= 11 is 1.66. The average molecular weight is 1760 g/mol. The number of hydrogen-bond donors (Lipinski definition) is 8. The molecule has 660 valence electrons. The van der Waals surface area contributed by atoms with Crippen LogP contribution in [0.1, 0.15) is 90.7 Å². The molecule has 129 heavy (non-hydrogen) atoms. The summed E-state index contributed by atoms with van der Waals surface area (Å²) in [5.74, 6) is 9.68. The number of rotatable bonds is 29. The summed E-state index contributed by atoms with van der Waals surface area (Å²) in [6.45, 7) is 19.5. The van der Waals surface area contributed by atoms with Crippen molar-refractivity contribution in [2.75, 3.05) is 78.8 Å². The number of ether oxygens (including phenoxy) is 4. The lowest BCUT2D eigenvalue weighted by Crippen LogP contribution is -2.09. The van der Waals surface area contributed by atoms with Crippen LogP contribution in [0.4, 0.5) is 46.2 Å². The van der Waals surface area contributed by atoms with Gasteiger partial charge < -0.3 is 99.0 Å². The Morgan fingerprint density at radius 1 is 0.419 bits per heavy atom. The van der Waals surface area contributed by atoms with Gasteiger partial charge in [-0.2, -0.15) is 24.9 Å². The van der Waals surface area contributed by atoms with Crippen LogP contribution in [0, 0.1) is 48.5 Å². The number of aryl methyl sites for hydroxylation is 7. The Bertz CT molecular complexity index is 6770. The maximum atomic E-state index is 6.08. The fraction of sp³-hybridized carbons (Fsp3) is 0.244. The Balaban J connectivity index is 0.000000124. The van der Waals surface area contributed by atoms with E-state index in [1.54, 1.807) is 90.6 Å². The standard InChI is InChI=1S/C19H21N7O3.C19H20N6OS.C18H18N6O.C18H22N4O.C16H16N8O/c1-11-22-15(25-29-11)9-21-14-7-13(20)6-12-4-5-26(19(12)14)10-16-23-17(27-2)8-18(24-16)28-3;1-12-9-21-16(27-12)10-22-18-17-14(23-19(20)24-18)7-8-25(17)11-13-5-3-4-6-15(13)26-2;1-12-11-25-16(21-12)9-20-18-17-15(22-13(2)23-18)6-8-24(17)10-14-5-3-4-7-19-14;1-13-3-4-16(20-11-13)12-21-17-10-15(19)9-14-5-6-22(18(14)17)7-8-23-2;1-10-20-12-4-7-24(9-14-17-5-3-6-18-14)15(12)16(21-10)19-8-13-22-11(2)25-23-13/h4-8,21H,9-10,20H2,1-3H3;3-9H,10-11H2,1-2H3,(H3,20,22,23,24);3-8,11H,9-10H2,1-2H3,(H,20,22,23);3-6,9-11,21H,7-8,12,19H2,1-2H3;3-7H,8-9H2,1-2H3,(H,19,20,21). The van der Waals surface area contributed by atoms with E-state index in [0.29, 0.717) is 141 Å². The Morgan fingerprint density at radius 3 is 1.56 bits per heavy atom. The first-order valence-corrected chi connectivity index (χ1v) is 41.9. The number of para-hydroxylation sites is 1. The topological polar surface area (TPSA) is 471 Å². The van der Waals surface area contributed by atoms with Crippen LogP contribution < -0.4 is 58.0 Å². The van der Waals surface area contributed by atoms with Crippen LogP contribution >= 0.6 is 11.3 Å². The number of nitrogens with two attached hydrogens (primary N) is 3. The molecule has 3 aromatic carbocycles. The van der Waals surface area contributed by atoms with E-state index in [9.17, 15) is 0 Å². The summed E-state index contributed by atoms with van der Waals surface area (Å²) < 4.78 is 47.0. The van der Waals surface area contributed by atoms with Crippen LogP contribution in [0.15, 0.2) is 203 Å². The second-order valence-electron chi connectivity index (χ2n) is 29.6. The Kier molecular flexibility index (Phi) is 28.0. The number of fused-ring (bicyclic) bond motifs is 5. The predicted octanol–water partition coefficient (Wildman–Crippen LogP) is 14.0. The maximum Gasteiger partial charge on any atom is 0.223 e. The summed E-state index contributed by atoms with van der Waals surface area (Å²) in [4.78, 5) is 71.4. The van der Waals surface area contributed by atoms with Crippen molar-refractivity contribution in [3.8, 4) is 17.5 Å². The second kappa shape index (κ2) is 41.2. The van der Waals surface area contributed by atoms with E-state index < -0.39 is 0 Å². The van der Waals surface area contributed by atoms with Crippen LogP contribution in [-0.2, 0) is 70.2 Å². The van der Waals surface area contributed by atoms with Gasteiger partial charge in [-0.15, -0.1) is 11.3 Å². The van der Waals surface area contributed by atoms with Gasteiger partial charge in [0, 0.05) is 122 Å².